The number of hydrogen-bond donors (Lipinski definition) is 2. The second kappa shape index (κ2) is 10.9. The van der Waals surface area contributed by atoms with E-state index in [1.54, 1.807) is 11.8 Å². The molecule has 1 amide bonds. The Kier molecular flexibility index (Phi) is 10.4. The molecule has 0 heterocycles. The number of carbonyl (C=O) groups is 1. The van der Waals surface area contributed by atoms with E-state index in [0.717, 1.165) is 17.9 Å². The van der Waals surface area contributed by atoms with Crippen LogP contribution in [-0.4, -0.2) is 24.0 Å². The lowest BCUT2D eigenvalue weighted by molar-refractivity contribution is -0.118. The number of nitrogen functional groups attached to an aromatic ring is 1. The molecule has 0 aromatic heterocycles. The number of amides is 1. The highest BCUT2D eigenvalue weighted by molar-refractivity contribution is 7.99. The lowest BCUT2D eigenvalue weighted by atomic mass is 10.1. The summed E-state index contributed by atoms with van der Waals surface area (Å²) < 4.78 is 0. The van der Waals surface area contributed by atoms with Crippen LogP contribution in [0.25, 0.3) is 0 Å². The number of nitrogens with one attached hydrogen (secondary N) is 1. The molecule has 0 aliphatic carbocycles. The van der Waals surface area contributed by atoms with Gasteiger partial charge in [-0.15, -0.1) is 12.4 Å². The van der Waals surface area contributed by atoms with Crippen molar-refractivity contribution in [2.75, 3.05) is 23.8 Å². The Balaban J connectivity index is 0.00000361. The molecule has 20 heavy (non-hydrogen) atoms. The Bertz CT molecular complexity index is 382. The van der Waals surface area contributed by atoms with E-state index >= 15 is 0 Å². The minimum atomic E-state index is 0. The quantitative estimate of drug-likeness (QED) is 0.572. The van der Waals surface area contributed by atoms with Crippen molar-refractivity contribution < 1.29 is 4.79 Å². The molecule has 0 aliphatic rings. The van der Waals surface area contributed by atoms with Gasteiger partial charge in [0.15, 0.2) is 0 Å². The van der Waals surface area contributed by atoms with Crippen LogP contribution in [0.5, 0.6) is 0 Å². The molecule has 3 nitrogen and oxygen atoms in total. The lowest BCUT2D eigenvalue weighted by Crippen LogP contribution is -2.27. The second-order valence-corrected chi connectivity index (χ2v) is 6.18. The fourth-order valence-corrected chi connectivity index (χ4v) is 2.64. The molecule has 1 rings (SSSR count). The molecule has 5 heteroatoms. The molecule has 0 unspecified atom stereocenters. The van der Waals surface area contributed by atoms with Gasteiger partial charge < -0.3 is 11.1 Å². The summed E-state index contributed by atoms with van der Waals surface area (Å²) in [5.41, 5.74) is 7.59. The highest BCUT2D eigenvalue weighted by Crippen LogP contribution is 2.08. The third kappa shape index (κ3) is 9.10. The van der Waals surface area contributed by atoms with E-state index in [4.69, 9.17) is 5.73 Å². The molecular formula is C15H25ClN2OS. The molecule has 114 valence electrons. The zero-order valence-corrected chi connectivity index (χ0v) is 13.9. The van der Waals surface area contributed by atoms with Crippen LogP contribution in [-0.2, 0) is 11.2 Å². The summed E-state index contributed by atoms with van der Waals surface area (Å²) in [7, 11) is 0. The third-order valence-corrected chi connectivity index (χ3v) is 3.78. The lowest BCUT2D eigenvalue weighted by Gasteiger charge is -2.06. The van der Waals surface area contributed by atoms with Crippen LogP contribution in [0.4, 0.5) is 5.69 Å². The van der Waals surface area contributed by atoms with Gasteiger partial charge in [-0.2, -0.15) is 11.8 Å². The van der Waals surface area contributed by atoms with E-state index in [0.29, 0.717) is 18.2 Å². The highest BCUT2D eigenvalue weighted by atomic mass is 35.5. The van der Waals surface area contributed by atoms with Crippen LogP contribution in [0.2, 0.25) is 0 Å². The molecule has 0 bridgehead atoms. The van der Waals surface area contributed by atoms with Crippen LogP contribution < -0.4 is 11.1 Å². The largest absolute Gasteiger partial charge is 0.399 e. The van der Waals surface area contributed by atoms with E-state index in [1.165, 1.54) is 12.0 Å². The molecule has 0 saturated heterocycles. The normalized spacial score (nSPS) is 10.2. The van der Waals surface area contributed by atoms with Gasteiger partial charge in [-0.05, 0) is 42.2 Å². The number of halogens is 1. The number of hydrogen-bond acceptors (Lipinski definition) is 3. The van der Waals surface area contributed by atoms with Gasteiger partial charge in [-0.1, -0.05) is 26.0 Å². The van der Waals surface area contributed by atoms with Gasteiger partial charge in [0.25, 0.3) is 0 Å². The molecule has 0 radical (unpaired) electrons. The Morgan fingerprint density at radius 1 is 1.30 bits per heavy atom. The van der Waals surface area contributed by atoms with Crippen LogP contribution in [0.3, 0.4) is 0 Å². The van der Waals surface area contributed by atoms with Crippen molar-refractivity contribution in [1.29, 1.82) is 0 Å². The molecule has 0 aliphatic heterocycles. The summed E-state index contributed by atoms with van der Waals surface area (Å²) in [5.74, 6) is 2.46. The van der Waals surface area contributed by atoms with E-state index in [2.05, 4.69) is 19.2 Å². The minimum absolute atomic E-state index is 0. The zero-order valence-electron chi connectivity index (χ0n) is 12.2. The van der Waals surface area contributed by atoms with Crippen LogP contribution in [0, 0.1) is 5.92 Å². The third-order valence-electron chi connectivity index (χ3n) is 2.79. The minimum Gasteiger partial charge on any atom is -0.399 e. The summed E-state index contributed by atoms with van der Waals surface area (Å²) >= 11 is 1.71. The summed E-state index contributed by atoms with van der Waals surface area (Å²) in [6, 6.07) is 7.77. The summed E-state index contributed by atoms with van der Waals surface area (Å²) in [6.07, 6.45) is 2.02. The zero-order chi connectivity index (χ0) is 14.1. The number of carbonyl (C=O) groups excluding carboxylic acids is 1. The van der Waals surface area contributed by atoms with E-state index < -0.39 is 0 Å². The maximum atomic E-state index is 11.6. The van der Waals surface area contributed by atoms with Gasteiger partial charge in [0, 0.05) is 12.2 Å². The standard InChI is InChI=1S/C15H24N2OS.ClH/c1-12(2)8-10-19-11-15(18)17-9-7-13-3-5-14(16)6-4-13;/h3-6,12H,7-11,16H2,1-2H3,(H,17,18);1H. The van der Waals surface area contributed by atoms with Gasteiger partial charge in [0.2, 0.25) is 5.91 Å². The van der Waals surface area contributed by atoms with Crippen molar-refractivity contribution in [2.24, 2.45) is 5.92 Å². The monoisotopic (exact) mass is 316 g/mol. The Morgan fingerprint density at radius 2 is 1.95 bits per heavy atom. The first-order chi connectivity index (χ1) is 9.08. The first-order valence-electron chi connectivity index (χ1n) is 6.77. The van der Waals surface area contributed by atoms with Gasteiger partial charge in [-0.3, -0.25) is 4.79 Å². The number of thioether (sulfide) groups is 1. The number of rotatable bonds is 8. The van der Waals surface area contributed by atoms with Crippen molar-refractivity contribution in [3.63, 3.8) is 0 Å². The van der Waals surface area contributed by atoms with Crippen molar-refractivity contribution >= 4 is 35.8 Å². The molecular weight excluding hydrogens is 292 g/mol. The Hall–Kier alpha value is -0.870. The second-order valence-electron chi connectivity index (χ2n) is 5.08. The first kappa shape index (κ1) is 19.1. The SMILES string of the molecule is CC(C)CCSCC(=O)NCCc1ccc(N)cc1.Cl. The summed E-state index contributed by atoms with van der Waals surface area (Å²) in [5, 5.41) is 2.94. The molecule has 0 saturated carbocycles. The highest BCUT2D eigenvalue weighted by Gasteiger charge is 2.02. The molecule has 1 aromatic carbocycles. The molecule has 3 N–H and O–H groups in total. The Labute approximate surface area is 132 Å². The fourth-order valence-electron chi connectivity index (χ4n) is 1.57. The van der Waals surface area contributed by atoms with Gasteiger partial charge in [0.05, 0.1) is 5.75 Å². The maximum absolute atomic E-state index is 11.6. The molecule has 1 aromatic rings. The number of benzene rings is 1. The van der Waals surface area contributed by atoms with Crippen molar-refractivity contribution in [3.05, 3.63) is 29.8 Å². The van der Waals surface area contributed by atoms with Gasteiger partial charge in [0.1, 0.15) is 0 Å². The first-order valence-corrected chi connectivity index (χ1v) is 7.92. The molecule has 0 fully saturated rings. The average Bonchev–Trinajstić information content (AvgIpc) is 2.37. The summed E-state index contributed by atoms with van der Waals surface area (Å²) in [6.45, 7) is 5.09. The average molecular weight is 317 g/mol. The topological polar surface area (TPSA) is 55.1 Å². The molecule has 0 atom stereocenters. The fraction of sp³-hybridized carbons (Fsp3) is 0.533. The number of anilines is 1. The van der Waals surface area contributed by atoms with E-state index in [1.807, 2.05) is 24.3 Å². The van der Waals surface area contributed by atoms with Crippen LogP contribution in [0.15, 0.2) is 24.3 Å². The Morgan fingerprint density at radius 3 is 2.55 bits per heavy atom. The van der Waals surface area contributed by atoms with Crippen LogP contribution >= 0.6 is 24.2 Å². The number of nitrogens with two attached hydrogens (primary N) is 1. The van der Waals surface area contributed by atoms with Gasteiger partial charge in [-0.25, -0.2) is 0 Å². The van der Waals surface area contributed by atoms with E-state index in [9.17, 15) is 4.79 Å². The van der Waals surface area contributed by atoms with Crippen molar-refractivity contribution in [1.82, 2.24) is 5.32 Å². The van der Waals surface area contributed by atoms with Crippen molar-refractivity contribution in [3.8, 4) is 0 Å². The maximum Gasteiger partial charge on any atom is 0.230 e. The van der Waals surface area contributed by atoms with E-state index in [-0.39, 0.29) is 18.3 Å². The molecule has 0 spiro atoms. The predicted octanol–water partition coefficient (Wildman–Crippen LogP) is 3.13. The smallest absolute Gasteiger partial charge is 0.230 e. The van der Waals surface area contributed by atoms with Crippen LogP contribution in [0.1, 0.15) is 25.8 Å². The summed E-state index contributed by atoms with van der Waals surface area (Å²) in [4.78, 5) is 11.6. The van der Waals surface area contributed by atoms with Gasteiger partial charge >= 0.3 is 0 Å². The van der Waals surface area contributed by atoms with Crippen molar-refractivity contribution in [2.45, 2.75) is 26.7 Å². The predicted molar refractivity (Wildman–Crippen MR) is 91.6 cm³/mol.